The smallest absolute Gasteiger partial charge is 0.240 e. The van der Waals surface area contributed by atoms with Crippen molar-refractivity contribution < 1.29 is 4.52 Å². The second-order valence-electron chi connectivity index (χ2n) is 4.48. The minimum atomic E-state index is 0.588. The largest absolute Gasteiger partial charge is 0.345 e. The molecule has 2 rings (SSSR count). The average molecular weight is 234 g/mol. The van der Waals surface area contributed by atoms with Crippen molar-refractivity contribution in [2.45, 2.75) is 26.9 Å². The van der Waals surface area contributed by atoms with Gasteiger partial charge >= 0.3 is 0 Å². The second-order valence-corrected chi connectivity index (χ2v) is 4.48. The maximum absolute atomic E-state index is 5.15. The zero-order valence-electron chi connectivity index (χ0n) is 10.5. The number of hydrogen-bond donors (Lipinski definition) is 1. The fourth-order valence-electron chi connectivity index (χ4n) is 1.75. The summed E-state index contributed by atoms with van der Waals surface area (Å²) in [6.07, 6.45) is 2.05. The van der Waals surface area contributed by atoms with Crippen molar-refractivity contribution >= 4 is 0 Å². The van der Waals surface area contributed by atoms with Crippen LogP contribution in [0, 0.1) is 5.92 Å². The van der Waals surface area contributed by atoms with Crippen molar-refractivity contribution in [3.05, 3.63) is 24.2 Å². The van der Waals surface area contributed by atoms with E-state index in [0.29, 0.717) is 24.2 Å². The van der Waals surface area contributed by atoms with Crippen LogP contribution in [-0.2, 0) is 13.1 Å². The lowest BCUT2D eigenvalue weighted by Crippen LogP contribution is -2.06. The monoisotopic (exact) mass is 234 g/mol. The molecule has 0 aromatic carbocycles. The van der Waals surface area contributed by atoms with E-state index in [1.54, 1.807) is 0 Å². The number of nitrogens with one attached hydrogen (secondary N) is 1. The van der Waals surface area contributed by atoms with Gasteiger partial charge in [-0.05, 0) is 25.1 Å². The summed E-state index contributed by atoms with van der Waals surface area (Å²) in [7, 11) is 1.85. The Bertz CT molecular complexity index is 472. The van der Waals surface area contributed by atoms with Crippen LogP contribution in [0.25, 0.3) is 11.5 Å². The fraction of sp³-hybridized carbons (Fsp3) is 0.500. The molecule has 0 bridgehead atoms. The fourth-order valence-corrected chi connectivity index (χ4v) is 1.75. The van der Waals surface area contributed by atoms with Crippen LogP contribution in [0.4, 0.5) is 0 Å². The van der Waals surface area contributed by atoms with Gasteiger partial charge in [0.25, 0.3) is 0 Å². The molecule has 2 heterocycles. The van der Waals surface area contributed by atoms with Gasteiger partial charge in [-0.15, -0.1) is 0 Å². The van der Waals surface area contributed by atoms with E-state index in [9.17, 15) is 0 Å². The van der Waals surface area contributed by atoms with E-state index in [2.05, 4.69) is 33.9 Å². The van der Waals surface area contributed by atoms with Crippen molar-refractivity contribution in [1.29, 1.82) is 0 Å². The first-order chi connectivity index (χ1) is 8.20. The Morgan fingerprint density at radius 1 is 1.47 bits per heavy atom. The van der Waals surface area contributed by atoms with Gasteiger partial charge in [-0.25, -0.2) is 0 Å². The van der Waals surface area contributed by atoms with Gasteiger partial charge in [0.15, 0.2) is 0 Å². The Hall–Kier alpha value is -1.62. The SMILES string of the molecule is CNCc1nc(-c2cccn2CC(C)C)no1. The van der Waals surface area contributed by atoms with E-state index >= 15 is 0 Å². The third-order valence-electron chi connectivity index (χ3n) is 2.42. The molecule has 0 aliphatic carbocycles. The molecule has 5 heteroatoms. The minimum Gasteiger partial charge on any atom is -0.345 e. The predicted octanol–water partition coefficient (Wildman–Crippen LogP) is 1.91. The normalized spacial score (nSPS) is 11.3. The molecule has 0 aliphatic heterocycles. The lowest BCUT2D eigenvalue weighted by Gasteiger charge is -2.08. The van der Waals surface area contributed by atoms with E-state index in [1.807, 2.05) is 25.4 Å². The molecule has 0 aliphatic rings. The van der Waals surface area contributed by atoms with Gasteiger partial charge in [-0.1, -0.05) is 19.0 Å². The Kier molecular flexibility index (Phi) is 3.58. The topological polar surface area (TPSA) is 55.9 Å². The Balaban J connectivity index is 2.23. The van der Waals surface area contributed by atoms with Crippen molar-refractivity contribution in [1.82, 2.24) is 20.0 Å². The molecule has 0 saturated heterocycles. The van der Waals surface area contributed by atoms with Gasteiger partial charge in [-0.3, -0.25) is 0 Å². The highest BCUT2D eigenvalue weighted by atomic mass is 16.5. The molecule has 0 unspecified atom stereocenters. The van der Waals surface area contributed by atoms with E-state index < -0.39 is 0 Å². The highest BCUT2D eigenvalue weighted by molar-refractivity contribution is 5.49. The third-order valence-corrected chi connectivity index (χ3v) is 2.42. The first-order valence-electron chi connectivity index (χ1n) is 5.83. The quantitative estimate of drug-likeness (QED) is 0.858. The van der Waals surface area contributed by atoms with Crippen LogP contribution < -0.4 is 5.32 Å². The molecule has 2 aromatic rings. The molecule has 0 amide bonds. The lowest BCUT2D eigenvalue weighted by molar-refractivity contribution is 0.372. The number of aromatic nitrogens is 3. The van der Waals surface area contributed by atoms with Gasteiger partial charge < -0.3 is 14.4 Å². The lowest BCUT2D eigenvalue weighted by atomic mass is 10.2. The molecule has 17 heavy (non-hydrogen) atoms. The molecular weight excluding hydrogens is 216 g/mol. The summed E-state index contributed by atoms with van der Waals surface area (Å²) < 4.78 is 7.30. The van der Waals surface area contributed by atoms with Crippen molar-refractivity contribution in [3.63, 3.8) is 0 Å². The van der Waals surface area contributed by atoms with Gasteiger partial charge in [-0.2, -0.15) is 4.98 Å². The third kappa shape index (κ3) is 2.74. The van der Waals surface area contributed by atoms with Crippen molar-refractivity contribution in [2.24, 2.45) is 5.92 Å². The zero-order chi connectivity index (χ0) is 12.3. The van der Waals surface area contributed by atoms with Crippen LogP contribution in [0.5, 0.6) is 0 Å². The molecule has 92 valence electrons. The highest BCUT2D eigenvalue weighted by Gasteiger charge is 2.12. The molecule has 5 nitrogen and oxygen atoms in total. The van der Waals surface area contributed by atoms with E-state index in [-0.39, 0.29) is 0 Å². The van der Waals surface area contributed by atoms with Gasteiger partial charge in [0, 0.05) is 12.7 Å². The van der Waals surface area contributed by atoms with Crippen LogP contribution in [-0.4, -0.2) is 21.8 Å². The summed E-state index contributed by atoms with van der Waals surface area (Å²) >= 11 is 0. The summed E-state index contributed by atoms with van der Waals surface area (Å²) in [5.41, 5.74) is 1.00. The molecule has 0 atom stereocenters. The Labute approximate surface area is 101 Å². The minimum absolute atomic E-state index is 0.588. The Morgan fingerprint density at radius 3 is 3.00 bits per heavy atom. The summed E-state index contributed by atoms with van der Waals surface area (Å²) in [4.78, 5) is 4.35. The molecule has 0 radical (unpaired) electrons. The number of rotatable bonds is 5. The predicted molar refractivity (Wildman–Crippen MR) is 65.3 cm³/mol. The maximum atomic E-state index is 5.15. The first kappa shape index (κ1) is 11.9. The van der Waals surface area contributed by atoms with Gasteiger partial charge in [0.05, 0.1) is 12.2 Å². The summed E-state index contributed by atoms with van der Waals surface area (Å²) in [6, 6.07) is 4.02. The number of hydrogen-bond acceptors (Lipinski definition) is 4. The summed E-state index contributed by atoms with van der Waals surface area (Å²) in [5.74, 6) is 1.85. The summed E-state index contributed by atoms with van der Waals surface area (Å²) in [5, 5.41) is 6.98. The van der Waals surface area contributed by atoms with E-state index in [4.69, 9.17) is 4.52 Å². The van der Waals surface area contributed by atoms with Crippen LogP contribution >= 0.6 is 0 Å². The molecule has 2 aromatic heterocycles. The molecular formula is C12H18N4O. The second kappa shape index (κ2) is 5.14. The van der Waals surface area contributed by atoms with Gasteiger partial charge in [0.1, 0.15) is 0 Å². The summed E-state index contributed by atoms with van der Waals surface area (Å²) in [6.45, 7) is 5.93. The standard InChI is InChI=1S/C12H18N4O/c1-9(2)8-16-6-4-5-10(16)12-14-11(7-13-3)17-15-12/h4-6,9,13H,7-8H2,1-3H3. The maximum Gasteiger partial charge on any atom is 0.240 e. The molecule has 0 fully saturated rings. The number of nitrogens with zero attached hydrogens (tertiary/aromatic N) is 3. The highest BCUT2D eigenvalue weighted by Crippen LogP contribution is 2.18. The van der Waals surface area contributed by atoms with Crippen LogP contribution in [0.1, 0.15) is 19.7 Å². The molecule has 0 spiro atoms. The van der Waals surface area contributed by atoms with Crippen LogP contribution in [0.2, 0.25) is 0 Å². The van der Waals surface area contributed by atoms with Crippen LogP contribution in [0.3, 0.4) is 0 Å². The average Bonchev–Trinajstić information content (AvgIpc) is 2.86. The van der Waals surface area contributed by atoms with Gasteiger partial charge in [0.2, 0.25) is 11.7 Å². The van der Waals surface area contributed by atoms with Crippen molar-refractivity contribution in [2.75, 3.05) is 7.05 Å². The van der Waals surface area contributed by atoms with E-state index in [1.165, 1.54) is 0 Å². The zero-order valence-corrected chi connectivity index (χ0v) is 10.5. The van der Waals surface area contributed by atoms with E-state index in [0.717, 1.165) is 12.2 Å². The first-order valence-corrected chi connectivity index (χ1v) is 5.83. The van der Waals surface area contributed by atoms with Crippen molar-refractivity contribution in [3.8, 4) is 11.5 Å². The molecule has 0 saturated carbocycles. The molecule has 1 N–H and O–H groups in total. The van der Waals surface area contributed by atoms with Crippen LogP contribution in [0.15, 0.2) is 22.9 Å². The Morgan fingerprint density at radius 2 is 2.29 bits per heavy atom.